The molecular weight excluding hydrogens is 228 g/mol. The van der Waals surface area contributed by atoms with Crippen LogP contribution in [0.5, 0.6) is 0 Å². The lowest BCUT2D eigenvalue weighted by molar-refractivity contribution is 0.124. The first-order valence-electron chi connectivity index (χ1n) is 6.85. The second-order valence-electron chi connectivity index (χ2n) is 4.98. The van der Waals surface area contributed by atoms with E-state index in [2.05, 4.69) is 17.3 Å². The molecule has 0 unspecified atom stereocenters. The van der Waals surface area contributed by atoms with Crippen molar-refractivity contribution in [3.05, 3.63) is 5.69 Å². The van der Waals surface area contributed by atoms with Gasteiger partial charge in [-0.1, -0.05) is 6.92 Å². The maximum atomic E-state index is 6.03. The zero-order valence-electron chi connectivity index (χ0n) is 11.4. The predicted molar refractivity (Wildman–Crippen MR) is 73.6 cm³/mol. The SMILES string of the molecule is CCc1nn(C)c(NCCCOCC2CC2)c1N. The number of hydrogen-bond acceptors (Lipinski definition) is 4. The molecule has 5 heteroatoms. The van der Waals surface area contributed by atoms with Crippen LogP contribution in [0.25, 0.3) is 0 Å². The van der Waals surface area contributed by atoms with Gasteiger partial charge in [0.15, 0.2) is 0 Å². The average molecular weight is 252 g/mol. The summed E-state index contributed by atoms with van der Waals surface area (Å²) in [7, 11) is 1.92. The molecule has 1 aliphatic rings. The van der Waals surface area contributed by atoms with Gasteiger partial charge in [-0.3, -0.25) is 4.68 Å². The van der Waals surface area contributed by atoms with Crippen LogP contribution in [0, 0.1) is 5.92 Å². The Labute approximate surface area is 109 Å². The van der Waals surface area contributed by atoms with Gasteiger partial charge in [-0.15, -0.1) is 0 Å². The number of nitrogen functional groups attached to an aromatic ring is 1. The van der Waals surface area contributed by atoms with Crippen molar-refractivity contribution in [3.8, 4) is 0 Å². The third-order valence-electron chi connectivity index (χ3n) is 3.30. The van der Waals surface area contributed by atoms with Gasteiger partial charge in [0, 0.05) is 26.8 Å². The topological polar surface area (TPSA) is 65.1 Å². The summed E-state index contributed by atoms with van der Waals surface area (Å²) in [5.74, 6) is 1.77. The summed E-state index contributed by atoms with van der Waals surface area (Å²) < 4.78 is 7.41. The molecule has 1 aliphatic carbocycles. The van der Waals surface area contributed by atoms with Gasteiger partial charge in [-0.2, -0.15) is 5.10 Å². The van der Waals surface area contributed by atoms with E-state index in [-0.39, 0.29) is 0 Å². The summed E-state index contributed by atoms with van der Waals surface area (Å²) >= 11 is 0. The molecule has 0 radical (unpaired) electrons. The zero-order chi connectivity index (χ0) is 13.0. The van der Waals surface area contributed by atoms with Crippen LogP contribution in [0.4, 0.5) is 11.5 Å². The fraction of sp³-hybridized carbons (Fsp3) is 0.769. The first-order chi connectivity index (χ1) is 8.72. The molecule has 1 aromatic rings. The lowest BCUT2D eigenvalue weighted by atomic mass is 10.3. The minimum absolute atomic E-state index is 0.777. The number of rotatable bonds is 8. The fourth-order valence-electron chi connectivity index (χ4n) is 1.98. The predicted octanol–water partition coefficient (Wildman–Crippen LogP) is 1.79. The van der Waals surface area contributed by atoms with Gasteiger partial charge in [0.05, 0.1) is 11.4 Å². The Hall–Kier alpha value is -1.23. The molecule has 1 fully saturated rings. The molecule has 0 aliphatic heterocycles. The Morgan fingerprint density at radius 2 is 2.28 bits per heavy atom. The summed E-state index contributed by atoms with van der Waals surface area (Å²) in [6.07, 6.45) is 4.57. The van der Waals surface area contributed by atoms with Gasteiger partial charge < -0.3 is 15.8 Å². The van der Waals surface area contributed by atoms with Crippen LogP contribution in [0.3, 0.4) is 0 Å². The molecule has 0 amide bonds. The first-order valence-corrected chi connectivity index (χ1v) is 6.85. The van der Waals surface area contributed by atoms with Crippen molar-refractivity contribution in [2.75, 3.05) is 30.8 Å². The number of nitrogens with two attached hydrogens (primary N) is 1. The normalized spacial score (nSPS) is 15.0. The lowest BCUT2D eigenvalue weighted by Gasteiger charge is -2.08. The van der Waals surface area contributed by atoms with Gasteiger partial charge in [0.1, 0.15) is 5.82 Å². The van der Waals surface area contributed by atoms with Crippen LogP contribution in [0.1, 0.15) is 31.9 Å². The van der Waals surface area contributed by atoms with E-state index in [9.17, 15) is 0 Å². The number of aromatic nitrogens is 2. The molecule has 1 aromatic heterocycles. The van der Waals surface area contributed by atoms with Gasteiger partial charge >= 0.3 is 0 Å². The highest BCUT2D eigenvalue weighted by Crippen LogP contribution is 2.28. The third-order valence-corrected chi connectivity index (χ3v) is 3.30. The van der Waals surface area contributed by atoms with Gasteiger partial charge in [0.2, 0.25) is 0 Å². The summed E-state index contributed by atoms with van der Waals surface area (Å²) in [6, 6.07) is 0. The van der Waals surface area contributed by atoms with Crippen molar-refractivity contribution < 1.29 is 4.74 Å². The van der Waals surface area contributed by atoms with E-state index < -0.39 is 0 Å². The number of ether oxygens (including phenoxy) is 1. The Morgan fingerprint density at radius 1 is 1.50 bits per heavy atom. The third kappa shape index (κ3) is 3.38. The quantitative estimate of drug-likeness (QED) is 0.692. The zero-order valence-corrected chi connectivity index (χ0v) is 11.4. The molecule has 0 aromatic carbocycles. The molecule has 0 spiro atoms. The Morgan fingerprint density at radius 3 is 2.89 bits per heavy atom. The van der Waals surface area contributed by atoms with Crippen LogP contribution in [0.15, 0.2) is 0 Å². The van der Waals surface area contributed by atoms with Crippen molar-refractivity contribution in [3.63, 3.8) is 0 Å². The maximum absolute atomic E-state index is 6.03. The van der Waals surface area contributed by atoms with Crippen LogP contribution in [-0.4, -0.2) is 29.5 Å². The van der Waals surface area contributed by atoms with Crippen LogP contribution >= 0.6 is 0 Å². The van der Waals surface area contributed by atoms with Gasteiger partial charge in [0.25, 0.3) is 0 Å². The minimum Gasteiger partial charge on any atom is -0.394 e. The molecule has 1 heterocycles. The van der Waals surface area contributed by atoms with E-state index in [0.717, 1.165) is 55.7 Å². The van der Waals surface area contributed by atoms with Crippen LogP contribution in [-0.2, 0) is 18.2 Å². The number of hydrogen-bond donors (Lipinski definition) is 2. The molecule has 3 N–H and O–H groups in total. The molecular formula is C13H24N4O. The van der Waals surface area contributed by atoms with Crippen LogP contribution in [0.2, 0.25) is 0 Å². The Bertz CT molecular complexity index is 385. The van der Waals surface area contributed by atoms with E-state index >= 15 is 0 Å². The average Bonchev–Trinajstić information content (AvgIpc) is 3.13. The Kier molecular flexibility index (Phi) is 4.47. The second kappa shape index (κ2) is 6.09. The van der Waals surface area contributed by atoms with Crippen molar-refractivity contribution in [2.45, 2.75) is 32.6 Å². The minimum atomic E-state index is 0.777. The maximum Gasteiger partial charge on any atom is 0.147 e. The van der Waals surface area contributed by atoms with Crippen molar-refractivity contribution >= 4 is 11.5 Å². The van der Waals surface area contributed by atoms with E-state index in [4.69, 9.17) is 10.5 Å². The van der Waals surface area contributed by atoms with Crippen molar-refractivity contribution in [1.29, 1.82) is 0 Å². The largest absolute Gasteiger partial charge is 0.394 e. The number of anilines is 2. The highest BCUT2D eigenvalue weighted by Gasteiger charge is 2.20. The standard InChI is InChI=1S/C13H24N4O/c1-3-11-12(14)13(17(2)16-11)15-7-4-8-18-9-10-5-6-10/h10,15H,3-9,14H2,1-2H3. The lowest BCUT2D eigenvalue weighted by Crippen LogP contribution is -2.10. The molecule has 1 saturated carbocycles. The number of nitrogens with one attached hydrogen (secondary N) is 1. The fourth-order valence-corrected chi connectivity index (χ4v) is 1.98. The highest BCUT2D eigenvalue weighted by molar-refractivity contribution is 5.64. The van der Waals surface area contributed by atoms with E-state index in [0.29, 0.717) is 0 Å². The summed E-state index contributed by atoms with van der Waals surface area (Å²) in [5.41, 5.74) is 7.77. The van der Waals surface area contributed by atoms with E-state index in [1.54, 1.807) is 0 Å². The second-order valence-corrected chi connectivity index (χ2v) is 4.98. The summed E-state index contributed by atoms with van der Waals surface area (Å²) in [4.78, 5) is 0. The van der Waals surface area contributed by atoms with Crippen molar-refractivity contribution in [2.24, 2.45) is 13.0 Å². The molecule has 0 bridgehead atoms. The molecule has 2 rings (SSSR count). The molecule has 18 heavy (non-hydrogen) atoms. The van der Waals surface area contributed by atoms with Gasteiger partial charge in [-0.05, 0) is 31.6 Å². The van der Waals surface area contributed by atoms with Gasteiger partial charge in [-0.25, -0.2) is 0 Å². The van der Waals surface area contributed by atoms with Crippen molar-refractivity contribution in [1.82, 2.24) is 9.78 Å². The molecule has 0 atom stereocenters. The molecule has 0 saturated heterocycles. The Balaban J connectivity index is 1.67. The first kappa shape index (κ1) is 13.2. The summed E-state index contributed by atoms with van der Waals surface area (Å²) in [6.45, 7) is 4.70. The van der Waals surface area contributed by atoms with E-state index in [1.807, 2.05) is 11.7 Å². The highest BCUT2D eigenvalue weighted by atomic mass is 16.5. The molecule has 102 valence electrons. The monoisotopic (exact) mass is 252 g/mol. The molecule has 5 nitrogen and oxygen atoms in total. The smallest absolute Gasteiger partial charge is 0.147 e. The summed E-state index contributed by atoms with van der Waals surface area (Å²) in [5, 5.41) is 7.71. The number of nitrogens with zero attached hydrogens (tertiary/aromatic N) is 2. The van der Waals surface area contributed by atoms with Crippen LogP contribution < -0.4 is 11.1 Å². The van der Waals surface area contributed by atoms with E-state index in [1.165, 1.54) is 12.8 Å². The number of aryl methyl sites for hydroxylation is 2.